The van der Waals surface area contributed by atoms with Gasteiger partial charge in [-0.25, -0.2) is 9.97 Å². The van der Waals surface area contributed by atoms with Crippen molar-refractivity contribution in [1.29, 1.82) is 0 Å². The van der Waals surface area contributed by atoms with Crippen molar-refractivity contribution in [2.75, 3.05) is 32.2 Å². The van der Waals surface area contributed by atoms with Crippen LogP contribution in [-0.2, 0) is 9.47 Å². The van der Waals surface area contributed by atoms with E-state index in [1.807, 2.05) is 29.8 Å². The predicted molar refractivity (Wildman–Crippen MR) is 111 cm³/mol. The van der Waals surface area contributed by atoms with Gasteiger partial charge in [0.05, 0.1) is 49.0 Å². The zero-order valence-electron chi connectivity index (χ0n) is 17.3. The average molecular weight is 397 g/mol. The lowest BCUT2D eigenvalue weighted by molar-refractivity contribution is 0.0795. The molecule has 0 spiro atoms. The van der Waals surface area contributed by atoms with Crippen LogP contribution >= 0.6 is 0 Å². The number of hydrogen-bond donors (Lipinski definition) is 1. The van der Waals surface area contributed by atoms with Crippen LogP contribution in [0.25, 0.3) is 22.3 Å². The lowest BCUT2D eigenvalue weighted by Crippen LogP contribution is -2.33. The van der Waals surface area contributed by atoms with Gasteiger partial charge in [-0.1, -0.05) is 0 Å². The minimum absolute atomic E-state index is 0.00513. The molecule has 0 radical (unpaired) electrons. The fourth-order valence-corrected chi connectivity index (χ4v) is 3.64. The van der Waals surface area contributed by atoms with Crippen molar-refractivity contribution in [3.05, 3.63) is 30.6 Å². The Kier molecular flexibility index (Phi) is 5.64. The van der Waals surface area contributed by atoms with Crippen molar-refractivity contribution in [2.45, 2.75) is 39.0 Å². The van der Waals surface area contributed by atoms with Crippen molar-refractivity contribution in [2.24, 2.45) is 0 Å². The van der Waals surface area contributed by atoms with Gasteiger partial charge in [-0.3, -0.25) is 4.68 Å². The number of hydrogen-bond acceptors (Lipinski definition) is 7. The fourth-order valence-electron chi connectivity index (χ4n) is 3.64. The summed E-state index contributed by atoms with van der Waals surface area (Å²) in [5.74, 6) is 0.572. The van der Waals surface area contributed by atoms with Crippen LogP contribution in [-0.4, -0.2) is 58.8 Å². The molecule has 8 heteroatoms. The van der Waals surface area contributed by atoms with Crippen molar-refractivity contribution in [3.8, 4) is 17.1 Å². The first-order valence-corrected chi connectivity index (χ1v) is 9.95. The molecule has 1 aliphatic rings. The first kappa shape index (κ1) is 19.6. The van der Waals surface area contributed by atoms with E-state index in [0.29, 0.717) is 25.7 Å². The van der Waals surface area contributed by atoms with Gasteiger partial charge in [-0.05, 0) is 39.0 Å². The number of pyridine rings is 2. The number of methoxy groups -OCH3 is 1. The predicted octanol–water partition coefficient (Wildman–Crippen LogP) is 3.30. The van der Waals surface area contributed by atoms with E-state index in [0.717, 1.165) is 28.0 Å². The summed E-state index contributed by atoms with van der Waals surface area (Å²) in [5.41, 5.74) is 4.36. The van der Waals surface area contributed by atoms with Gasteiger partial charge in [0.25, 0.3) is 0 Å². The standard InChI is InChI=1S/C21H27N5O3/c1-5-29-21-14(7-6-8-22-21)15-9-16(25-18-11-28-12-19(18)27-4)20-17(24-15)10-23-26(20)13(2)3/h6-10,13,18-19H,5,11-12H2,1-4H3,(H,24,25)/t18-,19-/m1/s1. The molecule has 29 heavy (non-hydrogen) atoms. The molecule has 3 aromatic rings. The molecule has 2 atom stereocenters. The monoisotopic (exact) mass is 397 g/mol. The van der Waals surface area contributed by atoms with Crippen molar-refractivity contribution < 1.29 is 14.2 Å². The highest BCUT2D eigenvalue weighted by atomic mass is 16.5. The third kappa shape index (κ3) is 3.77. The quantitative estimate of drug-likeness (QED) is 0.655. The first-order chi connectivity index (χ1) is 14.1. The second kappa shape index (κ2) is 8.34. The van der Waals surface area contributed by atoms with Crippen LogP contribution < -0.4 is 10.1 Å². The Morgan fingerprint density at radius 2 is 2.21 bits per heavy atom. The van der Waals surface area contributed by atoms with Gasteiger partial charge in [0.2, 0.25) is 5.88 Å². The van der Waals surface area contributed by atoms with Crippen LogP contribution in [0.4, 0.5) is 5.69 Å². The highest BCUT2D eigenvalue weighted by Gasteiger charge is 2.29. The topological polar surface area (TPSA) is 83.3 Å². The van der Waals surface area contributed by atoms with E-state index in [2.05, 4.69) is 29.2 Å². The number of rotatable bonds is 7. The summed E-state index contributed by atoms with van der Waals surface area (Å²) in [5, 5.41) is 8.18. The summed E-state index contributed by atoms with van der Waals surface area (Å²) < 4.78 is 18.9. The largest absolute Gasteiger partial charge is 0.477 e. The second-order valence-electron chi connectivity index (χ2n) is 7.32. The van der Waals surface area contributed by atoms with Crippen molar-refractivity contribution in [3.63, 3.8) is 0 Å². The Morgan fingerprint density at radius 3 is 2.97 bits per heavy atom. The maximum absolute atomic E-state index is 5.72. The highest BCUT2D eigenvalue weighted by Crippen LogP contribution is 2.34. The summed E-state index contributed by atoms with van der Waals surface area (Å²) in [6, 6.07) is 6.15. The van der Waals surface area contributed by atoms with E-state index in [1.165, 1.54) is 0 Å². The lowest BCUT2D eigenvalue weighted by atomic mass is 10.1. The number of fused-ring (bicyclic) bond motifs is 1. The Hall–Kier alpha value is -2.71. The Balaban J connectivity index is 1.84. The van der Waals surface area contributed by atoms with Gasteiger partial charge in [-0.15, -0.1) is 0 Å². The molecule has 4 heterocycles. The molecule has 1 N–H and O–H groups in total. The zero-order valence-corrected chi connectivity index (χ0v) is 17.3. The van der Waals surface area contributed by atoms with Crippen LogP contribution in [0.3, 0.4) is 0 Å². The van der Waals surface area contributed by atoms with Crippen molar-refractivity contribution in [1.82, 2.24) is 19.7 Å². The third-order valence-corrected chi connectivity index (χ3v) is 5.04. The zero-order chi connectivity index (χ0) is 20.4. The molecule has 0 aromatic carbocycles. The van der Waals surface area contributed by atoms with E-state index < -0.39 is 0 Å². The number of aromatic nitrogens is 4. The fraction of sp³-hybridized carbons (Fsp3) is 0.476. The van der Waals surface area contributed by atoms with Crippen LogP contribution in [0.5, 0.6) is 5.88 Å². The minimum Gasteiger partial charge on any atom is -0.477 e. The molecule has 0 amide bonds. The lowest BCUT2D eigenvalue weighted by Gasteiger charge is -2.21. The first-order valence-electron chi connectivity index (χ1n) is 9.95. The van der Waals surface area contributed by atoms with Crippen LogP contribution in [0, 0.1) is 0 Å². The Morgan fingerprint density at radius 1 is 1.34 bits per heavy atom. The Labute approximate surface area is 170 Å². The van der Waals surface area contributed by atoms with E-state index in [-0.39, 0.29) is 18.2 Å². The van der Waals surface area contributed by atoms with E-state index in [9.17, 15) is 0 Å². The molecule has 154 valence electrons. The van der Waals surface area contributed by atoms with Crippen LogP contribution in [0.2, 0.25) is 0 Å². The molecule has 0 saturated carbocycles. The molecule has 1 saturated heterocycles. The van der Waals surface area contributed by atoms with Gasteiger partial charge in [0.15, 0.2) is 0 Å². The molecule has 1 aliphatic heterocycles. The molecule has 0 aliphatic carbocycles. The maximum atomic E-state index is 5.72. The van der Waals surface area contributed by atoms with E-state index >= 15 is 0 Å². The Bertz CT molecular complexity index is 988. The van der Waals surface area contributed by atoms with Gasteiger partial charge in [-0.2, -0.15) is 5.10 Å². The molecular formula is C21H27N5O3. The van der Waals surface area contributed by atoms with E-state index in [1.54, 1.807) is 19.5 Å². The van der Waals surface area contributed by atoms with Crippen LogP contribution in [0.1, 0.15) is 26.8 Å². The molecule has 0 unspecified atom stereocenters. The van der Waals surface area contributed by atoms with Gasteiger partial charge >= 0.3 is 0 Å². The number of anilines is 1. The normalized spacial score (nSPS) is 19.2. The molecule has 0 bridgehead atoms. The van der Waals surface area contributed by atoms with Gasteiger partial charge in [0.1, 0.15) is 17.1 Å². The average Bonchev–Trinajstić information content (AvgIpc) is 3.35. The third-order valence-electron chi connectivity index (χ3n) is 5.04. The van der Waals surface area contributed by atoms with Crippen molar-refractivity contribution >= 4 is 16.7 Å². The highest BCUT2D eigenvalue weighted by molar-refractivity contribution is 5.91. The van der Waals surface area contributed by atoms with Gasteiger partial charge in [0, 0.05) is 19.3 Å². The second-order valence-corrected chi connectivity index (χ2v) is 7.32. The van der Waals surface area contributed by atoms with Crippen LogP contribution in [0.15, 0.2) is 30.6 Å². The molecular weight excluding hydrogens is 370 g/mol. The number of ether oxygens (including phenoxy) is 3. The molecule has 1 fully saturated rings. The summed E-state index contributed by atoms with van der Waals surface area (Å²) in [7, 11) is 1.71. The number of nitrogens with one attached hydrogen (secondary N) is 1. The molecule has 8 nitrogen and oxygen atoms in total. The summed E-state index contributed by atoms with van der Waals surface area (Å²) >= 11 is 0. The minimum atomic E-state index is -0.00513. The van der Waals surface area contributed by atoms with E-state index in [4.69, 9.17) is 19.2 Å². The smallest absolute Gasteiger partial charge is 0.222 e. The maximum Gasteiger partial charge on any atom is 0.222 e. The summed E-state index contributed by atoms with van der Waals surface area (Å²) in [4.78, 5) is 9.23. The summed E-state index contributed by atoms with van der Waals surface area (Å²) in [6.45, 7) is 7.86. The van der Waals surface area contributed by atoms with Gasteiger partial charge < -0.3 is 19.5 Å². The molecule has 3 aromatic heterocycles. The number of nitrogens with zero attached hydrogens (tertiary/aromatic N) is 4. The SMILES string of the molecule is CCOc1ncccc1-c1cc(N[C@@H]2COC[C@H]2OC)c2c(cnn2C(C)C)n1. The summed E-state index contributed by atoms with van der Waals surface area (Å²) in [6.07, 6.45) is 3.52. The molecule has 4 rings (SSSR count).